The Morgan fingerprint density at radius 3 is 2.57 bits per heavy atom. The van der Waals surface area contributed by atoms with Crippen LogP contribution >= 0.6 is 0 Å². The molecule has 1 aromatic carbocycles. The molecule has 2 aromatic rings. The maximum Gasteiger partial charge on any atom is 0.332 e. The molecule has 11 nitrogen and oxygen atoms in total. The fraction of sp³-hybridized carbons (Fsp3) is 0.417. The maximum atomic E-state index is 13.1. The second-order valence-corrected chi connectivity index (χ2v) is 8.41. The highest BCUT2D eigenvalue weighted by Gasteiger charge is 2.42. The van der Waals surface area contributed by atoms with E-state index in [0.29, 0.717) is 0 Å². The Labute approximate surface area is 201 Å². The fourth-order valence-corrected chi connectivity index (χ4v) is 3.47. The van der Waals surface area contributed by atoms with Gasteiger partial charge in [-0.3, -0.25) is 14.4 Å². The van der Waals surface area contributed by atoms with Gasteiger partial charge in [-0.2, -0.15) is 0 Å². The molecular weight excluding hydrogens is 458 g/mol. The van der Waals surface area contributed by atoms with E-state index >= 15 is 0 Å². The Kier molecular flexibility index (Phi) is 8.34. The molecule has 0 aliphatic carbocycles. The van der Waals surface area contributed by atoms with Crippen LogP contribution in [0.1, 0.15) is 36.7 Å². The molecule has 11 heteroatoms. The van der Waals surface area contributed by atoms with Gasteiger partial charge in [0.2, 0.25) is 5.88 Å². The van der Waals surface area contributed by atoms with Crippen LogP contribution in [-0.2, 0) is 35.0 Å². The number of nitrogens with one attached hydrogen (secondary N) is 1. The third-order valence-corrected chi connectivity index (χ3v) is 5.40. The van der Waals surface area contributed by atoms with Gasteiger partial charge in [-0.15, -0.1) is 0 Å². The Morgan fingerprint density at radius 1 is 1.20 bits per heavy atom. The van der Waals surface area contributed by atoms with Crippen LogP contribution in [0.4, 0.5) is 0 Å². The molecule has 0 radical (unpaired) electrons. The summed E-state index contributed by atoms with van der Waals surface area (Å²) in [6, 6.07) is 7.69. The molecule has 2 heterocycles. The molecule has 0 spiro atoms. The summed E-state index contributed by atoms with van der Waals surface area (Å²) >= 11 is 0. The van der Waals surface area contributed by atoms with Gasteiger partial charge in [0.15, 0.2) is 12.1 Å². The third kappa shape index (κ3) is 6.52. The predicted octanol–water partition coefficient (Wildman–Crippen LogP) is 1.20. The number of carbonyl (C=O) groups excluding carboxylic acids is 4. The number of carbonyl (C=O) groups is 4. The van der Waals surface area contributed by atoms with E-state index in [-0.39, 0.29) is 12.0 Å². The number of amides is 1. The van der Waals surface area contributed by atoms with Gasteiger partial charge in [0, 0.05) is 6.20 Å². The Hall–Kier alpha value is -4.02. The smallest absolute Gasteiger partial charge is 0.332 e. The molecule has 0 bridgehead atoms. The summed E-state index contributed by atoms with van der Waals surface area (Å²) in [4.78, 5) is 58.2. The summed E-state index contributed by atoms with van der Waals surface area (Å²) in [6.45, 7) is 4.27. The van der Waals surface area contributed by atoms with Crippen LogP contribution in [0.5, 0.6) is 5.88 Å². The summed E-state index contributed by atoms with van der Waals surface area (Å²) in [5.41, 5.74) is 0.521. The highest BCUT2D eigenvalue weighted by atomic mass is 16.6. The molecule has 2 N–H and O–H groups in total. The van der Waals surface area contributed by atoms with Crippen molar-refractivity contribution in [3.63, 3.8) is 0 Å². The molecule has 1 saturated heterocycles. The van der Waals surface area contributed by atoms with Gasteiger partial charge in [-0.1, -0.05) is 44.2 Å². The van der Waals surface area contributed by atoms with E-state index < -0.39 is 66.4 Å². The molecular formula is C24H27N3O8. The van der Waals surface area contributed by atoms with E-state index in [2.05, 4.69) is 15.3 Å². The average Bonchev–Trinajstić information content (AvgIpc) is 2.86. The number of hydrogen-bond donors (Lipinski definition) is 2. The van der Waals surface area contributed by atoms with Crippen LogP contribution in [0.3, 0.4) is 0 Å². The van der Waals surface area contributed by atoms with Crippen molar-refractivity contribution in [2.24, 2.45) is 11.8 Å². The van der Waals surface area contributed by atoms with Crippen molar-refractivity contribution in [1.29, 1.82) is 0 Å². The molecule has 35 heavy (non-hydrogen) atoms. The van der Waals surface area contributed by atoms with E-state index in [1.807, 2.05) is 30.3 Å². The number of esters is 3. The SMILES string of the molecule is CC(C)C(=O)O[C@H]1[C@H](C)OC(=O)[C@@H](NC(=O)c2cncnc2O)COC(=O)[C@@H]1Cc1ccccc1. The molecule has 0 saturated carbocycles. The minimum absolute atomic E-state index is 0.170. The molecule has 1 aliphatic heterocycles. The fourth-order valence-electron chi connectivity index (χ4n) is 3.47. The minimum Gasteiger partial charge on any atom is -0.493 e. The highest BCUT2D eigenvalue weighted by molar-refractivity contribution is 5.98. The summed E-state index contributed by atoms with van der Waals surface area (Å²) in [7, 11) is 0. The number of aromatic nitrogens is 2. The van der Waals surface area contributed by atoms with Crippen LogP contribution in [0.2, 0.25) is 0 Å². The second-order valence-electron chi connectivity index (χ2n) is 8.41. The lowest BCUT2D eigenvalue weighted by Gasteiger charge is -2.29. The van der Waals surface area contributed by atoms with Crippen LogP contribution < -0.4 is 5.32 Å². The summed E-state index contributed by atoms with van der Waals surface area (Å²) in [5, 5.41) is 12.1. The molecule has 0 unspecified atom stereocenters. The first-order valence-electron chi connectivity index (χ1n) is 11.1. The number of ether oxygens (including phenoxy) is 3. The van der Waals surface area contributed by atoms with Crippen molar-refractivity contribution in [3.8, 4) is 5.88 Å². The van der Waals surface area contributed by atoms with E-state index in [9.17, 15) is 24.3 Å². The first-order valence-corrected chi connectivity index (χ1v) is 11.1. The van der Waals surface area contributed by atoms with Gasteiger partial charge >= 0.3 is 17.9 Å². The zero-order valence-corrected chi connectivity index (χ0v) is 19.5. The van der Waals surface area contributed by atoms with Crippen molar-refractivity contribution in [2.45, 2.75) is 45.4 Å². The summed E-state index contributed by atoms with van der Waals surface area (Å²) in [5.74, 6) is -5.07. The van der Waals surface area contributed by atoms with E-state index in [1.165, 1.54) is 6.92 Å². The topological polar surface area (TPSA) is 154 Å². The molecule has 1 aromatic heterocycles. The van der Waals surface area contributed by atoms with Crippen LogP contribution in [-0.4, -0.2) is 63.7 Å². The van der Waals surface area contributed by atoms with Gasteiger partial charge in [-0.05, 0) is 18.9 Å². The zero-order valence-electron chi connectivity index (χ0n) is 19.5. The van der Waals surface area contributed by atoms with Crippen LogP contribution in [0, 0.1) is 11.8 Å². The Bertz CT molecular complexity index is 1080. The predicted molar refractivity (Wildman–Crippen MR) is 120 cm³/mol. The average molecular weight is 485 g/mol. The van der Waals surface area contributed by atoms with E-state index in [4.69, 9.17) is 14.2 Å². The maximum absolute atomic E-state index is 13.1. The Balaban J connectivity index is 1.87. The number of nitrogens with zero attached hydrogens (tertiary/aromatic N) is 2. The lowest BCUT2D eigenvalue weighted by molar-refractivity contribution is -0.176. The number of rotatable bonds is 6. The van der Waals surface area contributed by atoms with Crippen LogP contribution in [0.15, 0.2) is 42.9 Å². The minimum atomic E-state index is -1.38. The van der Waals surface area contributed by atoms with Gasteiger partial charge in [-0.25, -0.2) is 14.8 Å². The van der Waals surface area contributed by atoms with Crippen molar-refractivity contribution < 1.29 is 38.5 Å². The molecule has 3 rings (SSSR count). The van der Waals surface area contributed by atoms with Crippen LogP contribution in [0.25, 0.3) is 0 Å². The van der Waals surface area contributed by atoms with Gasteiger partial charge in [0.1, 0.15) is 30.5 Å². The molecule has 4 atom stereocenters. The van der Waals surface area contributed by atoms with Crippen molar-refractivity contribution in [3.05, 3.63) is 54.0 Å². The number of cyclic esters (lactones) is 2. The van der Waals surface area contributed by atoms with E-state index in [1.54, 1.807) is 13.8 Å². The Morgan fingerprint density at radius 2 is 1.91 bits per heavy atom. The monoisotopic (exact) mass is 485 g/mol. The highest BCUT2D eigenvalue weighted by Crippen LogP contribution is 2.25. The molecule has 1 fully saturated rings. The lowest BCUT2D eigenvalue weighted by atomic mass is 9.91. The molecule has 186 valence electrons. The number of aromatic hydroxyl groups is 1. The van der Waals surface area contributed by atoms with Gasteiger partial charge in [0.25, 0.3) is 5.91 Å². The van der Waals surface area contributed by atoms with Crippen molar-refractivity contribution in [1.82, 2.24) is 15.3 Å². The van der Waals surface area contributed by atoms with Gasteiger partial charge in [0.05, 0.1) is 5.92 Å². The standard InChI is InChI=1S/C24H27N3O8/c1-13(2)22(30)35-19-14(3)34-24(32)18(27-21(29)17-10-25-12-26-20(17)28)11-33-23(31)16(19)9-15-7-5-4-6-8-15/h4-8,10,12-14,16,18-19H,9,11H2,1-3H3,(H,27,29)(H,25,26,28)/t14-,16+,18-,19-/m0/s1. The normalized spacial score (nSPS) is 22.7. The van der Waals surface area contributed by atoms with Gasteiger partial charge < -0.3 is 24.6 Å². The number of benzene rings is 1. The zero-order chi connectivity index (χ0) is 25.5. The second kappa shape index (κ2) is 11.4. The quantitative estimate of drug-likeness (QED) is 0.450. The van der Waals surface area contributed by atoms with Crippen molar-refractivity contribution in [2.75, 3.05) is 6.61 Å². The first-order chi connectivity index (χ1) is 16.7. The number of hydrogen-bond acceptors (Lipinski definition) is 10. The lowest BCUT2D eigenvalue weighted by Crippen LogP contribution is -2.46. The third-order valence-electron chi connectivity index (χ3n) is 5.40. The largest absolute Gasteiger partial charge is 0.493 e. The summed E-state index contributed by atoms with van der Waals surface area (Å²) in [6.07, 6.45) is 0.142. The van der Waals surface area contributed by atoms with Crippen molar-refractivity contribution >= 4 is 23.8 Å². The first kappa shape index (κ1) is 25.6. The molecule has 1 amide bonds. The molecule has 1 aliphatic rings. The summed E-state index contributed by atoms with van der Waals surface area (Å²) < 4.78 is 16.5. The van der Waals surface area contributed by atoms with E-state index in [0.717, 1.165) is 18.1 Å².